The molecule has 130 valence electrons. The molecule has 0 spiro atoms. The van der Waals surface area contributed by atoms with Crippen molar-refractivity contribution >= 4 is 28.8 Å². The first-order valence-corrected chi connectivity index (χ1v) is 9.19. The Morgan fingerprint density at radius 2 is 2.12 bits per heavy atom. The van der Waals surface area contributed by atoms with Gasteiger partial charge in [-0.3, -0.25) is 5.10 Å². The van der Waals surface area contributed by atoms with Gasteiger partial charge in [-0.05, 0) is 57.0 Å². The SMILES string of the molecule is CC(C)Oc1ccc2[nH]nc(-c3ccnc(NOSC4CC4)c3)c2c1. The molecule has 7 heteroatoms. The first-order chi connectivity index (χ1) is 12.2. The van der Waals surface area contributed by atoms with Gasteiger partial charge in [-0.1, -0.05) is 0 Å². The molecule has 0 aliphatic heterocycles. The van der Waals surface area contributed by atoms with Crippen molar-refractivity contribution in [1.82, 2.24) is 15.2 Å². The third-order valence-electron chi connectivity index (χ3n) is 3.79. The second-order valence-corrected chi connectivity index (χ2v) is 7.38. The smallest absolute Gasteiger partial charge is 0.151 e. The summed E-state index contributed by atoms with van der Waals surface area (Å²) in [4.78, 5) is 4.29. The van der Waals surface area contributed by atoms with E-state index in [-0.39, 0.29) is 6.10 Å². The average molecular weight is 356 g/mol. The zero-order valence-electron chi connectivity index (χ0n) is 14.2. The van der Waals surface area contributed by atoms with Crippen LogP contribution in [0.1, 0.15) is 26.7 Å². The molecule has 1 aliphatic carbocycles. The lowest BCUT2D eigenvalue weighted by Crippen LogP contribution is -2.05. The van der Waals surface area contributed by atoms with Gasteiger partial charge >= 0.3 is 0 Å². The highest BCUT2D eigenvalue weighted by atomic mass is 32.2. The molecule has 0 saturated heterocycles. The van der Waals surface area contributed by atoms with E-state index in [2.05, 4.69) is 20.7 Å². The number of benzene rings is 1. The number of ether oxygens (including phenoxy) is 1. The molecular weight excluding hydrogens is 336 g/mol. The van der Waals surface area contributed by atoms with Crippen LogP contribution in [0.4, 0.5) is 5.82 Å². The molecule has 0 amide bonds. The maximum absolute atomic E-state index is 5.80. The largest absolute Gasteiger partial charge is 0.491 e. The predicted molar refractivity (Wildman–Crippen MR) is 100 cm³/mol. The third-order valence-corrected chi connectivity index (χ3v) is 4.72. The number of fused-ring (bicyclic) bond motifs is 1. The minimum atomic E-state index is 0.130. The maximum atomic E-state index is 5.80. The highest BCUT2D eigenvalue weighted by Crippen LogP contribution is 2.35. The fraction of sp³-hybridized carbons (Fsp3) is 0.333. The maximum Gasteiger partial charge on any atom is 0.151 e. The van der Waals surface area contributed by atoms with Crippen molar-refractivity contribution in [2.45, 2.75) is 38.0 Å². The molecule has 4 rings (SSSR count). The van der Waals surface area contributed by atoms with E-state index in [4.69, 9.17) is 9.02 Å². The Hall–Kier alpha value is -2.25. The van der Waals surface area contributed by atoms with Crippen molar-refractivity contribution in [1.29, 1.82) is 0 Å². The number of nitrogens with one attached hydrogen (secondary N) is 2. The normalized spacial score (nSPS) is 14.2. The van der Waals surface area contributed by atoms with Gasteiger partial charge in [-0.25, -0.2) is 14.7 Å². The van der Waals surface area contributed by atoms with Gasteiger partial charge in [0.2, 0.25) is 0 Å². The van der Waals surface area contributed by atoms with Crippen LogP contribution < -0.4 is 10.2 Å². The van der Waals surface area contributed by atoms with Crippen molar-refractivity contribution in [3.8, 4) is 17.0 Å². The van der Waals surface area contributed by atoms with E-state index in [9.17, 15) is 0 Å². The van der Waals surface area contributed by atoms with Crippen molar-refractivity contribution in [3.63, 3.8) is 0 Å². The van der Waals surface area contributed by atoms with Crippen LogP contribution in [0.15, 0.2) is 36.5 Å². The number of aromatic amines is 1. The molecule has 1 fully saturated rings. The Labute approximate surface area is 150 Å². The minimum Gasteiger partial charge on any atom is -0.491 e. The van der Waals surface area contributed by atoms with Gasteiger partial charge in [0.1, 0.15) is 11.4 Å². The summed E-state index contributed by atoms with van der Waals surface area (Å²) >= 11 is 1.46. The lowest BCUT2D eigenvalue weighted by molar-refractivity contribution is 0.243. The van der Waals surface area contributed by atoms with Crippen molar-refractivity contribution in [2.75, 3.05) is 5.48 Å². The van der Waals surface area contributed by atoms with Crippen molar-refractivity contribution in [3.05, 3.63) is 36.5 Å². The van der Waals surface area contributed by atoms with Gasteiger partial charge in [-0.2, -0.15) is 5.10 Å². The van der Waals surface area contributed by atoms with Crippen LogP contribution in [0.2, 0.25) is 0 Å². The molecule has 3 aromatic rings. The lowest BCUT2D eigenvalue weighted by atomic mass is 10.1. The topological polar surface area (TPSA) is 72.1 Å². The van der Waals surface area contributed by atoms with E-state index < -0.39 is 0 Å². The molecule has 2 N–H and O–H groups in total. The molecular formula is C18H20N4O2S. The molecule has 1 aliphatic rings. The van der Waals surface area contributed by atoms with Crippen LogP contribution in [-0.2, 0) is 4.28 Å². The van der Waals surface area contributed by atoms with E-state index in [0.29, 0.717) is 11.1 Å². The summed E-state index contributed by atoms with van der Waals surface area (Å²) in [6.45, 7) is 4.03. The zero-order valence-corrected chi connectivity index (χ0v) is 15.0. The van der Waals surface area contributed by atoms with Gasteiger partial charge in [0, 0.05) is 34.4 Å². The van der Waals surface area contributed by atoms with Crippen LogP contribution in [0.3, 0.4) is 0 Å². The lowest BCUT2D eigenvalue weighted by Gasteiger charge is -2.09. The summed E-state index contributed by atoms with van der Waals surface area (Å²) in [5.41, 5.74) is 5.69. The van der Waals surface area contributed by atoms with E-state index in [0.717, 1.165) is 27.9 Å². The molecule has 25 heavy (non-hydrogen) atoms. The number of anilines is 1. The summed E-state index contributed by atoms with van der Waals surface area (Å²) in [5, 5.41) is 9.17. The van der Waals surface area contributed by atoms with E-state index in [1.54, 1.807) is 6.20 Å². The van der Waals surface area contributed by atoms with Crippen molar-refractivity contribution < 1.29 is 9.02 Å². The number of hydrogen-bond acceptors (Lipinski definition) is 6. The second kappa shape index (κ2) is 6.93. The van der Waals surface area contributed by atoms with Gasteiger partial charge in [-0.15, -0.1) is 0 Å². The van der Waals surface area contributed by atoms with E-state index >= 15 is 0 Å². The van der Waals surface area contributed by atoms with Gasteiger partial charge in [0.15, 0.2) is 5.82 Å². The first-order valence-electron chi connectivity index (χ1n) is 8.38. The minimum absolute atomic E-state index is 0.130. The summed E-state index contributed by atoms with van der Waals surface area (Å²) in [7, 11) is 0. The number of H-pyrrole nitrogens is 1. The molecule has 0 unspecified atom stereocenters. The summed E-state index contributed by atoms with van der Waals surface area (Å²) in [5.74, 6) is 1.50. The monoisotopic (exact) mass is 356 g/mol. The highest BCUT2D eigenvalue weighted by Gasteiger charge is 2.23. The van der Waals surface area contributed by atoms with Crippen LogP contribution >= 0.6 is 12.0 Å². The molecule has 0 atom stereocenters. The van der Waals surface area contributed by atoms with Crippen LogP contribution in [0, 0.1) is 0 Å². The predicted octanol–water partition coefficient (Wildman–Crippen LogP) is 4.57. The molecule has 6 nitrogen and oxygen atoms in total. The Morgan fingerprint density at radius 3 is 2.92 bits per heavy atom. The number of pyridine rings is 1. The van der Waals surface area contributed by atoms with E-state index in [1.807, 2.05) is 44.2 Å². The first kappa shape index (κ1) is 16.2. The second-order valence-electron chi connectivity index (χ2n) is 6.36. The molecule has 0 bridgehead atoms. The fourth-order valence-electron chi connectivity index (χ4n) is 2.49. The molecule has 0 radical (unpaired) electrons. The molecule has 1 saturated carbocycles. The number of hydrogen-bond donors (Lipinski definition) is 2. The summed E-state index contributed by atoms with van der Waals surface area (Å²) in [6, 6.07) is 9.82. The van der Waals surface area contributed by atoms with Gasteiger partial charge in [0.25, 0.3) is 0 Å². The highest BCUT2D eigenvalue weighted by molar-refractivity contribution is 7.95. The van der Waals surface area contributed by atoms with Crippen LogP contribution in [0.25, 0.3) is 22.2 Å². The molecule has 2 aromatic heterocycles. The van der Waals surface area contributed by atoms with Crippen molar-refractivity contribution in [2.24, 2.45) is 0 Å². The quantitative estimate of drug-likeness (QED) is 0.477. The zero-order chi connectivity index (χ0) is 17.2. The average Bonchev–Trinajstić information content (AvgIpc) is 3.32. The third kappa shape index (κ3) is 3.88. The van der Waals surface area contributed by atoms with E-state index in [1.165, 1.54) is 24.9 Å². The van der Waals surface area contributed by atoms with Crippen LogP contribution in [0.5, 0.6) is 5.75 Å². The Kier molecular flexibility index (Phi) is 4.50. The Bertz CT molecular complexity index is 876. The Morgan fingerprint density at radius 1 is 1.24 bits per heavy atom. The molecule has 2 heterocycles. The fourth-order valence-corrected chi connectivity index (χ4v) is 3.09. The standard InChI is InChI=1S/C18H20N4O2S/c1-11(2)23-13-3-6-16-15(10-13)18(21-20-16)12-7-8-19-17(9-12)22-24-25-14-4-5-14/h3,6-11,14H,4-5H2,1-2H3,(H,19,22)(H,20,21). The van der Waals surface area contributed by atoms with Gasteiger partial charge in [0.05, 0.1) is 11.6 Å². The number of aromatic nitrogens is 3. The number of rotatable bonds is 7. The van der Waals surface area contributed by atoms with Crippen LogP contribution in [-0.4, -0.2) is 26.5 Å². The molecule has 1 aromatic carbocycles. The summed E-state index contributed by atoms with van der Waals surface area (Å²) < 4.78 is 11.2. The number of nitrogens with zero attached hydrogens (tertiary/aromatic N) is 2. The summed E-state index contributed by atoms with van der Waals surface area (Å²) in [6.07, 6.45) is 4.32. The Balaban J connectivity index is 1.59. The van der Waals surface area contributed by atoms with Gasteiger partial charge < -0.3 is 4.74 Å².